The maximum atomic E-state index is 6.07. The Bertz CT molecular complexity index is 362. The van der Waals surface area contributed by atoms with E-state index in [2.05, 4.69) is 24.8 Å². The Balaban J connectivity index is 2.63. The van der Waals surface area contributed by atoms with Crippen LogP contribution in [0.15, 0.2) is 24.8 Å². The summed E-state index contributed by atoms with van der Waals surface area (Å²) in [6.45, 7) is 3.71. The third-order valence-electron chi connectivity index (χ3n) is 2.11. The van der Waals surface area contributed by atoms with Gasteiger partial charge in [0.25, 0.3) is 0 Å². The number of allylic oxidation sites excluding steroid dienone is 1. The van der Waals surface area contributed by atoms with E-state index >= 15 is 0 Å². The Morgan fingerprint density at radius 1 is 1.42 bits per heavy atom. The van der Waals surface area contributed by atoms with Crippen molar-refractivity contribution in [2.75, 3.05) is 0 Å². The zero-order valence-electron chi connectivity index (χ0n) is 6.68. The third-order valence-corrected chi connectivity index (χ3v) is 2.44. The summed E-state index contributed by atoms with van der Waals surface area (Å²) < 4.78 is 0. The maximum absolute atomic E-state index is 6.07. The average molecular weight is 177 g/mol. The number of halogens is 1. The zero-order valence-corrected chi connectivity index (χ0v) is 7.43. The molecule has 0 saturated heterocycles. The van der Waals surface area contributed by atoms with Gasteiger partial charge in [0.05, 0.1) is 0 Å². The van der Waals surface area contributed by atoms with Crippen LogP contribution in [0.25, 0.3) is 12.2 Å². The van der Waals surface area contributed by atoms with E-state index in [9.17, 15) is 0 Å². The van der Waals surface area contributed by atoms with Crippen LogP contribution in [-0.4, -0.2) is 0 Å². The van der Waals surface area contributed by atoms with Crippen LogP contribution in [-0.2, 0) is 6.42 Å². The molecule has 1 aliphatic rings. The molecule has 1 aliphatic carbocycles. The Kier molecular flexibility index (Phi) is 1.78. The third kappa shape index (κ3) is 1.09. The van der Waals surface area contributed by atoms with E-state index in [1.54, 1.807) is 0 Å². The second-order valence-electron chi connectivity index (χ2n) is 2.88. The number of hydrogen-bond acceptors (Lipinski definition) is 0. The smallest absolute Gasteiger partial charge is 0.0453 e. The standard InChI is InChI=1S/C11H9Cl/c1-2-8-6-9-4-3-5-10(9)11(12)7-8/h2-4,6-7H,1,5H2. The van der Waals surface area contributed by atoms with Crippen LogP contribution in [0.5, 0.6) is 0 Å². The van der Waals surface area contributed by atoms with Crippen molar-refractivity contribution in [3.63, 3.8) is 0 Å². The van der Waals surface area contributed by atoms with Gasteiger partial charge in [-0.1, -0.05) is 36.4 Å². The molecule has 0 unspecified atom stereocenters. The Morgan fingerprint density at radius 3 is 3.00 bits per heavy atom. The van der Waals surface area contributed by atoms with Gasteiger partial charge in [0.15, 0.2) is 0 Å². The van der Waals surface area contributed by atoms with Gasteiger partial charge in [0, 0.05) is 5.02 Å². The fourth-order valence-electron chi connectivity index (χ4n) is 1.47. The van der Waals surface area contributed by atoms with Gasteiger partial charge in [-0.25, -0.2) is 0 Å². The minimum Gasteiger partial charge on any atom is -0.0985 e. The summed E-state index contributed by atoms with van der Waals surface area (Å²) in [7, 11) is 0. The minimum atomic E-state index is 0.854. The molecule has 12 heavy (non-hydrogen) atoms. The van der Waals surface area contributed by atoms with E-state index < -0.39 is 0 Å². The van der Waals surface area contributed by atoms with Gasteiger partial charge in [-0.15, -0.1) is 0 Å². The minimum absolute atomic E-state index is 0.854. The van der Waals surface area contributed by atoms with Crippen LogP contribution >= 0.6 is 11.6 Å². The topological polar surface area (TPSA) is 0 Å². The lowest BCUT2D eigenvalue weighted by Gasteiger charge is -2.03. The molecular weight excluding hydrogens is 168 g/mol. The molecule has 0 heterocycles. The van der Waals surface area contributed by atoms with Crippen LogP contribution in [0.1, 0.15) is 16.7 Å². The molecule has 0 amide bonds. The molecule has 0 saturated carbocycles. The van der Waals surface area contributed by atoms with E-state index in [0.29, 0.717) is 0 Å². The molecule has 0 aliphatic heterocycles. The van der Waals surface area contributed by atoms with Crippen molar-refractivity contribution >= 4 is 23.8 Å². The van der Waals surface area contributed by atoms with E-state index in [1.807, 2.05) is 12.1 Å². The van der Waals surface area contributed by atoms with Crippen molar-refractivity contribution in [1.29, 1.82) is 0 Å². The highest BCUT2D eigenvalue weighted by Crippen LogP contribution is 2.28. The van der Waals surface area contributed by atoms with Crippen molar-refractivity contribution in [2.24, 2.45) is 0 Å². The molecular formula is C11H9Cl. The molecule has 0 fully saturated rings. The normalized spacial score (nSPS) is 13.1. The lowest BCUT2D eigenvalue weighted by Crippen LogP contribution is -1.84. The summed E-state index contributed by atoms with van der Waals surface area (Å²) in [6.07, 6.45) is 7.02. The largest absolute Gasteiger partial charge is 0.0985 e. The lowest BCUT2D eigenvalue weighted by atomic mass is 10.1. The van der Waals surface area contributed by atoms with Gasteiger partial charge < -0.3 is 0 Å². The van der Waals surface area contributed by atoms with Gasteiger partial charge in [0.1, 0.15) is 0 Å². The van der Waals surface area contributed by atoms with Gasteiger partial charge >= 0.3 is 0 Å². The summed E-state index contributed by atoms with van der Waals surface area (Å²) in [5, 5.41) is 0.854. The monoisotopic (exact) mass is 176 g/mol. The van der Waals surface area contributed by atoms with Crippen molar-refractivity contribution < 1.29 is 0 Å². The highest BCUT2D eigenvalue weighted by molar-refractivity contribution is 6.31. The van der Waals surface area contributed by atoms with E-state index in [1.165, 1.54) is 11.1 Å². The van der Waals surface area contributed by atoms with E-state index in [4.69, 9.17) is 11.6 Å². The van der Waals surface area contributed by atoms with Gasteiger partial charge in [-0.2, -0.15) is 0 Å². The quantitative estimate of drug-likeness (QED) is 0.614. The predicted octanol–water partition coefficient (Wildman–Crippen LogP) is 3.55. The first-order chi connectivity index (χ1) is 5.81. The summed E-state index contributed by atoms with van der Waals surface area (Å²) in [5.41, 5.74) is 3.56. The molecule has 0 bridgehead atoms. The van der Waals surface area contributed by atoms with Crippen molar-refractivity contribution in [1.82, 2.24) is 0 Å². The van der Waals surface area contributed by atoms with E-state index in [0.717, 1.165) is 17.0 Å². The van der Waals surface area contributed by atoms with Crippen LogP contribution < -0.4 is 0 Å². The number of fused-ring (bicyclic) bond motifs is 1. The Hall–Kier alpha value is -1.01. The maximum Gasteiger partial charge on any atom is 0.0453 e. The van der Waals surface area contributed by atoms with Gasteiger partial charge in [-0.3, -0.25) is 0 Å². The lowest BCUT2D eigenvalue weighted by molar-refractivity contribution is 1.31. The summed E-state index contributed by atoms with van der Waals surface area (Å²) in [6, 6.07) is 4.07. The number of benzene rings is 1. The molecule has 0 N–H and O–H groups in total. The number of rotatable bonds is 1. The van der Waals surface area contributed by atoms with Crippen molar-refractivity contribution in [2.45, 2.75) is 6.42 Å². The van der Waals surface area contributed by atoms with Crippen LogP contribution in [0.3, 0.4) is 0 Å². The Morgan fingerprint density at radius 2 is 2.25 bits per heavy atom. The number of hydrogen-bond donors (Lipinski definition) is 0. The summed E-state index contributed by atoms with van der Waals surface area (Å²) in [5.74, 6) is 0. The van der Waals surface area contributed by atoms with Crippen LogP contribution in [0.4, 0.5) is 0 Å². The molecule has 1 heteroatoms. The van der Waals surface area contributed by atoms with Crippen molar-refractivity contribution in [3.8, 4) is 0 Å². The zero-order chi connectivity index (χ0) is 8.55. The van der Waals surface area contributed by atoms with Crippen LogP contribution in [0, 0.1) is 0 Å². The van der Waals surface area contributed by atoms with Crippen LogP contribution in [0.2, 0.25) is 5.02 Å². The molecule has 0 aromatic heterocycles. The second kappa shape index (κ2) is 2.80. The molecule has 1 aromatic carbocycles. The molecule has 0 radical (unpaired) electrons. The summed E-state index contributed by atoms with van der Waals surface area (Å²) in [4.78, 5) is 0. The Labute approximate surface area is 77.2 Å². The highest BCUT2D eigenvalue weighted by atomic mass is 35.5. The first kappa shape index (κ1) is 7.63. The molecule has 1 aromatic rings. The highest BCUT2D eigenvalue weighted by Gasteiger charge is 2.09. The molecule has 60 valence electrons. The predicted molar refractivity (Wildman–Crippen MR) is 54.3 cm³/mol. The average Bonchev–Trinajstić information content (AvgIpc) is 2.52. The summed E-state index contributed by atoms with van der Waals surface area (Å²) >= 11 is 6.07. The molecule has 0 atom stereocenters. The second-order valence-corrected chi connectivity index (χ2v) is 3.29. The molecule has 0 spiro atoms. The van der Waals surface area contributed by atoms with Crippen molar-refractivity contribution in [3.05, 3.63) is 46.5 Å². The fourth-order valence-corrected chi connectivity index (χ4v) is 1.78. The first-order valence-electron chi connectivity index (χ1n) is 3.92. The first-order valence-corrected chi connectivity index (χ1v) is 4.30. The van der Waals surface area contributed by atoms with Gasteiger partial charge in [-0.05, 0) is 35.2 Å². The molecule has 2 rings (SSSR count). The SMILES string of the molecule is C=Cc1cc(Cl)c2c(c1)C=CC2. The molecule has 0 nitrogen and oxygen atoms in total. The van der Waals surface area contributed by atoms with E-state index in [-0.39, 0.29) is 0 Å². The fraction of sp³-hybridized carbons (Fsp3) is 0.0909. The van der Waals surface area contributed by atoms with Gasteiger partial charge in [0.2, 0.25) is 0 Å².